The molecule has 0 rings (SSSR count). The summed E-state index contributed by atoms with van der Waals surface area (Å²) in [6, 6.07) is 0. The molecule has 5 heavy (non-hydrogen) atoms. The van der Waals surface area contributed by atoms with Crippen LogP contribution >= 0.6 is 24.8 Å². The van der Waals surface area contributed by atoms with E-state index in [0.29, 0.717) is 0 Å². The van der Waals surface area contributed by atoms with E-state index in [-0.39, 0.29) is 30.5 Å². The van der Waals surface area contributed by atoms with E-state index in [0.717, 1.165) is 0 Å². The van der Waals surface area contributed by atoms with Gasteiger partial charge in [-0.15, -0.1) is 12.6 Å². The molecule has 0 aliphatic carbocycles. The van der Waals surface area contributed by atoms with Crippen LogP contribution in [-0.2, 0) is 26.2 Å². The molecule has 1 nitrogen and oxygen atoms in total. The third kappa shape index (κ3) is 39.6. The van der Waals surface area contributed by atoms with Crippen molar-refractivity contribution in [2.75, 3.05) is 0 Å². The molecule has 0 spiro atoms. The fourth-order valence-corrected chi connectivity index (χ4v) is 0. The fourth-order valence-electron chi connectivity index (χ4n) is 0. The van der Waals surface area contributed by atoms with Crippen molar-refractivity contribution in [1.82, 2.24) is 0 Å². The molecule has 0 heterocycles. The molecular weight excluding hydrogens is 181 g/mol. The minimum absolute atomic E-state index is 0. The van der Waals surface area contributed by atoms with Gasteiger partial charge in [0.2, 0.25) is 0 Å². The van der Waals surface area contributed by atoms with Gasteiger partial charge < -0.3 is 5.73 Å². The van der Waals surface area contributed by atoms with Crippen LogP contribution in [0.3, 0.4) is 0 Å². The summed E-state index contributed by atoms with van der Waals surface area (Å²) < 4.78 is 0.194. The molecule has 0 aliphatic rings. The van der Waals surface area contributed by atoms with Crippen molar-refractivity contribution in [2.24, 2.45) is 5.73 Å². The Kier molecular flexibility index (Phi) is 9.69. The Labute approximate surface area is 60.8 Å². The van der Waals surface area contributed by atoms with Gasteiger partial charge in [-0.25, -0.2) is 0 Å². The van der Waals surface area contributed by atoms with Crippen LogP contribution in [0.5, 0.6) is 0 Å². The minimum atomic E-state index is 0. The van der Waals surface area contributed by atoms with Gasteiger partial charge in [0.25, 0.3) is 0 Å². The summed E-state index contributed by atoms with van der Waals surface area (Å²) >= 11 is 7.65. The summed E-state index contributed by atoms with van der Waals surface area (Å²) in [5.41, 5.74) is 4.71. The zero-order valence-electron chi connectivity index (χ0n) is 2.43. The first-order valence-corrected chi connectivity index (χ1v) is 1.57. The molecule has 0 aromatic carbocycles. The van der Waals surface area contributed by atoms with E-state index in [9.17, 15) is 0 Å². The summed E-state index contributed by atoms with van der Waals surface area (Å²) in [4.78, 5) is 0. The van der Waals surface area contributed by atoms with Crippen molar-refractivity contribution < 1.29 is 26.2 Å². The normalized spacial score (nSPS) is 5.00. The molecule has 0 radical (unpaired) electrons. The molecule has 2 N–H and O–H groups in total. The third-order valence-electron chi connectivity index (χ3n) is 0. The second-order valence-electron chi connectivity index (χ2n) is 0.338. The first-order chi connectivity index (χ1) is 1.73. The summed E-state index contributed by atoms with van der Waals surface area (Å²) in [6.07, 6.45) is 0. The molecule has 0 unspecified atom stereocenters. The number of thiocarbonyl (C=S) groups is 1. The van der Waals surface area contributed by atoms with Gasteiger partial charge in [0.05, 0.1) is 0 Å². The van der Waals surface area contributed by atoms with Gasteiger partial charge in [-0.3, -0.25) is 0 Å². The van der Waals surface area contributed by atoms with E-state index >= 15 is 0 Å². The Morgan fingerprint density at radius 2 is 1.80 bits per heavy atom. The van der Waals surface area contributed by atoms with E-state index in [1.54, 1.807) is 0 Å². The van der Waals surface area contributed by atoms with Gasteiger partial charge >= 0.3 is 0 Å². The second-order valence-corrected chi connectivity index (χ2v) is 1.56. The van der Waals surface area contributed by atoms with Crippen molar-refractivity contribution in [2.45, 2.75) is 0 Å². The number of hydrogen-bond acceptors (Lipinski definition) is 1. The predicted octanol–water partition coefficient (Wildman–Crippen LogP) is 0.157. The number of rotatable bonds is 0. The van der Waals surface area contributed by atoms with E-state index in [1.807, 2.05) is 0 Å². The second kappa shape index (κ2) is 5.12. The largest absolute Gasteiger partial charge is 0.385 e. The van der Waals surface area contributed by atoms with Gasteiger partial charge in [-0.1, -0.05) is 12.2 Å². The Hall–Kier alpha value is 1.12. The van der Waals surface area contributed by atoms with Gasteiger partial charge in [-0.05, 0) is 0 Å². The van der Waals surface area contributed by atoms with E-state index in [2.05, 4.69) is 24.8 Å². The molecule has 0 atom stereocenters. The van der Waals surface area contributed by atoms with Crippen LogP contribution in [-0.4, -0.2) is 4.32 Å². The first-order valence-electron chi connectivity index (χ1n) is 0.716. The van der Waals surface area contributed by atoms with Gasteiger partial charge in [0.15, 0.2) is 0 Å². The number of hydrogen-bond donors (Lipinski definition) is 2. The summed E-state index contributed by atoms with van der Waals surface area (Å²) in [6.45, 7) is 0. The van der Waals surface area contributed by atoms with Crippen molar-refractivity contribution in [3.05, 3.63) is 0 Å². The average Bonchev–Trinajstić information content (AvgIpc) is 0.811. The Morgan fingerprint density at radius 1 is 1.80 bits per heavy atom. The summed E-state index contributed by atoms with van der Waals surface area (Å²) in [7, 11) is 0. The minimum Gasteiger partial charge on any atom is -0.385 e. The topological polar surface area (TPSA) is 26.0 Å². The van der Waals surface area contributed by atoms with Crippen LogP contribution in [0.25, 0.3) is 0 Å². The first kappa shape index (κ1) is 9.45. The van der Waals surface area contributed by atoms with Crippen LogP contribution in [0.2, 0.25) is 0 Å². The number of thiol groups is 1. The van der Waals surface area contributed by atoms with Gasteiger partial charge in [0.1, 0.15) is 4.32 Å². The molecule has 0 amide bonds. The van der Waals surface area contributed by atoms with Crippen molar-refractivity contribution >= 4 is 29.2 Å². The maximum absolute atomic E-state index is 4.71. The molecule has 4 heteroatoms. The zero-order chi connectivity index (χ0) is 3.58. The van der Waals surface area contributed by atoms with Crippen LogP contribution in [0.15, 0.2) is 0 Å². The molecular formula is CH3NS2Zr. The zero-order valence-corrected chi connectivity index (χ0v) is 6.60. The quantitative estimate of drug-likeness (QED) is 0.414. The SMILES string of the molecule is NC(=S)S.[Zr]. The Balaban J connectivity index is 0. The average molecular weight is 184 g/mol. The van der Waals surface area contributed by atoms with Crippen molar-refractivity contribution in [3.63, 3.8) is 0 Å². The number of nitrogens with two attached hydrogens (primary N) is 1. The monoisotopic (exact) mass is 183 g/mol. The Morgan fingerprint density at radius 3 is 1.80 bits per heavy atom. The van der Waals surface area contributed by atoms with Crippen molar-refractivity contribution in [3.8, 4) is 0 Å². The van der Waals surface area contributed by atoms with Crippen molar-refractivity contribution in [1.29, 1.82) is 0 Å². The molecule has 0 aromatic rings. The van der Waals surface area contributed by atoms with Crippen LogP contribution in [0.4, 0.5) is 0 Å². The van der Waals surface area contributed by atoms with E-state index in [4.69, 9.17) is 5.73 Å². The molecule has 0 bridgehead atoms. The molecule has 0 fully saturated rings. The maximum Gasteiger partial charge on any atom is 0.128 e. The molecule has 0 saturated heterocycles. The standard InChI is InChI=1S/CH3NS2.Zr/c2-1(3)4;/h(H3,2,3,4);. The Bertz CT molecular complexity index is 32.6. The molecule has 28 valence electrons. The summed E-state index contributed by atoms with van der Waals surface area (Å²) in [5.74, 6) is 0. The van der Waals surface area contributed by atoms with E-state index < -0.39 is 0 Å². The predicted molar refractivity (Wildman–Crippen MR) is 25.8 cm³/mol. The fraction of sp³-hybridized carbons (Fsp3) is 0. The van der Waals surface area contributed by atoms with Crippen LogP contribution in [0, 0.1) is 0 Å². The molecule has 0 aliphatic heterocycles. The third-order valence-corrected chi connectivity index (χ3v) is 0. The van der Waals surface area contributed by atoms with Crippen LogP contribution < -0.4 is 5.73 Å². The van der Waals surface area contributed by atoms with Gasteiger partial charge in [-0.2, -0.15) is 0 Å². The smallest absolute Gasteiger partial charge is 0.128 e. The van der Waals surface area contributed by atoms with Crippen LogP contribution in [0.1, 0.15) is 0 Å². The maximum atomic E-state index is 4.71. The molecule has 0 saturated carbocycles. The van der Waals surface area contributed by atoms with Gasteiger partial charge in [0, 0.05) is 26.2 Å². The molecule has 0 aromatic heterocycles. The summed E-state index contributed by atoms with van der Waals surface area (Å²) in [5, 5.41) is 0. The van der Waals surface area contributed by atoms with E-state index in [1.165, 1.54) is 0 Å².